The first-order valence-electron chi connectivity index (χ1n) is 7.87. The number of aliphatic hydroxyl groups is 1. The SMILES string of the molecule is CCC1COCCN1CCC1CCCC1(CO)NC. The van der Waals surface area contributed by atoms with E-state index in [2.05, 4.69) is 17.1 Å². The standard InChI is InChI=1S/C15H30N2O2/c1-3-14-11-19-10-9-17(14)8-6-13-5-4-7-15(13,12-18)16-2/h13-14,16,18H,3-12H2,1-2H3. The fourth-order valence-corrected chi connectivity index (χ4v) is 3.86. The third kappa shape index (κ3) is 3.30. The van der Waals surface area contributed by atoms with E-state index in [1.807, 2.05) is 7.05 Å². The van der Waals surface area contributed by atoms with Crippen LogP contribution in [0.1, 0.15) is 39.0 Å². The second-order valence-electron chi connectivity index (χ2n) is 6.12. The summed E-state index contributed by atoms with van der Waals surface area (Å²) < 4.78 is 5.56. The van der Waals surface area contributed by atoms with Gasteiger partial charge in [-0.2, -0.15) is 0 Å². The third-order valence-electron chi connectivity index (χ3n) is 5.32. The molecule has 0 aromatic heterocycles. The molecule has 112 valence electrons. The van der Waals surface area contributed by atoms with Gasteiger partial charge in [0.25, 0.3) is 0 Å². The highest BCUT2D eigenvalue weighted by Gasteiger charge is 2.41. The molecular formula is C15H30N2O2. The quantitative estimate of drug-likeness (QED) is 0.762. The Bertz CT molecular complexity index is 269. The first-order valence-corrected chi connectivity index (χ1v) is 7.87. The number of hydrogen-bond acceptors (Lipinski definition) is 4. The van der Waals surface area contributed by atoms with E-state index in [-0.39, 0.29) is 12.1 Å². The Morgan fingerprint density at radius 3 is 3.00 bits per heavy atom. The van der Waals surface area contributed by atoms with E-state index in [9.17, 15) is 5.11 Å². The van der Waals surface area contributed by atoms with Crippen molar-refractivity contribution in [3.8, 4) is 0 Å². The molecule has 2 N–H and O–H groups in total. The Morgan fingerprint density at radius 1 is 1.47 bits per heavy atom. The van der Waals surface area contributed by atoms with E-state index in [4.69, 9.17) is 4.74 Å². The van der Waals surface area contributed by atoms with Gasteiger partial charge in [0, 0.05) is 18.1 Å². The van der Waals surface area contributed by atoms with Gasteiger partial charge in [0.2, 0.25) is 0 Å². The molecule has 0 amide bonds. The number of likely N-dealkylation sites (N-methyl/N-ethyl adjacent to an activating group) is 1. The molecule has 2 fully saturated rings. The first kappa shape index (κ1) is 15.2. The van der Waals surface area contributed by atoms with Crippen molar-refractivity contribution in [2.75, 3.05) is 40.0 Å². The predicted molar refractivity (Wildman–Crippen MR) is 77.3 cm³/mol. The molecule has 1 saturated carbocycles. The molecule has 0 aromatic rings. The van der Waals surface area contributed by atoms with Crippen molar-refractivity contribution in [1.29, 1.82) is 0 Å². The summed E-state index contributed by atoms with van der Waals surface area (Å²) in [5.74, 6) is 0.614. The summed E-state index contributed by atoms with van der Waals surface area (Å²) >= 11 is 0. The zero-order valence-corrected chi connectivity index (χ0v) is 12.5. The highest BCUT2D eigenvalue weighted by Crippen LogP contribution is 2.37. The zero-order chi connectivity index (χ0) is 13.7. The normalized spacial score (nSPS) is 36.8. The number of nitrogens with zero attached hydrogens (tertiary/aromatic N) is 1. The highest BCUT2D eigenvalue weighted by molar-refractivity contribution is 4.98. The number of ether oxygens (including phenoxy) is 1. The van der Waals surface area contributed by atoms with E-state index in [1.54, 1.807) is 0 Å². The molecule has 4 nitrogen and oxygen atoms in total. The molecule has 1 heterocycles. The molecule has 0 bridgehead atoms. The van der Waals surface area contributed by atoms with E-state index in [1.165, 1.54) is 25.7 Å². The van der Waals surface area contributed by atoms with Crippen LogP contribution in [0, 0.1) is 5.92 Å². The molecule has 19 heavy (non-hydrogen) atoms. The van der Waals surface area contributed by atoms with E-state index < -0.39 is 0 Å². The van der Waals surface area contributed by atoms with Crippen molar-refractivity contribution < 1.29 is 9.84 Å². The van der Waals surface area contributed by atoms with Crippen molar-refractivity contribution in [1.82, 2.24) is 10.2 Å². The van der Waals surface area contributed by atoms with Crippen LogP contribution in [0.4, 0.5) is 0 Å². The van der Waals surface area contributed by atoms with Crippen molar-refractivity contribution >= 4 is 0 Å². The van der Waals surface area contributed by atoms with Gasteiger partial charge in [0.05, 0.1) is 19.8 Å². The summed E-state index contributed by atoms with van der Waals surface area (Å²) in [5, 5.41) is 13.1. The van der Waals surface area contributed by atoms with Crippen LogP contribution < -0.4 is 5.32 Å². The van der Waals surface area contributed by atoms with Gasteiger partial charge < -0.3 is 15.2 Å². The average molecular weight is 270 g/mol. The highest BCUT2D eigenvalue weighted by atomic mass is 16.5. The van der Waals surface area contributed by atoms with Crippen LogP contribution in [-0.2, 0) is 4.74 Å². The second-order valence-corrected chi connectivity index (χ2v) is 6.12. The minimum atomic E-state index is -0.0198. The molecule has 0 radical (unpaired) electrons. The van der Waals surface area contributed by atoms with Crippen LogP contribution >= 0.6 is 0 Å². The number of aliphatic hydroxyl groups excluding tert-OH is 1. The van der Waals surface area contributed by atoms with Crippen molar-refractivity contribution in [2.24, 2.45) is 5.92 Å². The molecule has 4 heteroatoms. The topological polar surface area (TPSA) is 44.7 Å². The summed E-state index contributed by atoms with van der Waals surface area (Å²) in [6, 6.07) is 0.591. The Kier molecular flexibility index (Phi) is 5.63. The summed E-state index contributed by atoms with van der Waals surface area (Å²) in [6.07, 6.45) is 5.97. The van der Waals surface area contributed by atoms with Crippen LogP contribution in [0.3, 0.4) is 0 Å². The van der Waals surface area contributed by atoms with Crippen molar-refractivity contribution in [2.45, 2.75) is 50.6 Å². The number of rotatable bonds is 6. The van der Waals surface area contributed by atoms with Crippen molar-refractivity contribution in [3.05, 3.63) is 0 Å². The maximum Gasteiger partial charge on any atom is 0.0622 e. The van der Waals surface area contributed by atoms with Gasteiger partial charge in [0.15, 0.2) is 0 Å². The molecule has 2 rings (SSSR count). The van der Waals surface area contributed by atoms with Crippen LogP contribution in [0.25, 0.3) is 0 Å². The first-order chi connectivity index (χ1) is 9.25. The molecule has 3 atom stereocenters. The molecule has 3 unspecified atom stereocenters. The molecular weight excluding hydrogens is 240 g/mol. The molecule has 0 spiro atoms. The van der Waals surface area contributed by atoms with Crippen LogP contribution in [0.5, 0.6) is 0 Å². The molecule has 1 aliphatic heterocycles. The fourth-order valence-electron chi connectivity index (χ4n) is 3.86. The molecule has 0 aromatic carbocycles. The van der Waals surface area contributed by atoms with Gasteiger partial charge in [-0.15, -0.1) is 0 Å². The third-order valence-corrected chi connectivity index (χ3v) is 5.32. The monoisotopic (exact) mass is 270 g/mol. The Labute approximate surface area is 117 Å². The van der Waals surface area contributed by atoms with Gasteiger partial charge >= 0.3 is 0 Å². The molecule has 2 aliphatic rings. The maximum absolute atomic E-state index is 9.73. The summed E-state index contributed by atoms with van der Waals surface area (Å²) in [5.41, 5.74) is -0.0198. The summed E-state index contributed by atoms with van der Waals surface area (Å²) in [6.45, 7) is 6.49. The minimum absolute atomic E-state index is 0.0198. The smallest absolute Gasteiger partial charge is 0.0622 e. The minimum Gasteiger partial charge on any atom is -0.394 e. The van der Waals surface area contributed by atoms with Crippen LogP contribution in [0.15, 0.2) is 0 Å². The Balaban J connectivity index is 1.87. The lowest BCUT2D eigenvalue weighted by atomic mass is 9.85. The molecule has 1 aliphatic carbocycles. The summed E-state index contributed by atoms with van der Waals surface area (Å²) in [7, 11) is 2.00. The van der Waals surface area contributed by atoms with E-state index in [0.717, 1.165) is 32.7 Å². The number of hydrogen-bond donors (Lipinski definition) is 2. The largest absolute Gasteiger partial charge is 0.394 e. The van der Waals surface area contributed by atoms with Crippen molar-refractivity contribution in [3.63, 3.8) is 0 Å². The van der Waals surface area contributed by atoms with E-state index >= 15 is 0 Å². The fraction of sp³-hybridized carbons (Fsp3) is 1.00. The van der Waals surface area contributed by atoms with Gasteiger partial charge in [-0.05, 0) is 45.2 Å². The Morgan fingerprint density at radius 2 is 2.32 bits per heavy atom. The van der Waals surface area contributed by atoms with Gasteiger partial charge in [-0.25, -0.2) is 0 Å². The molecule has 1 saturated heterocycles. The van der Waals surface area contributed by atoms with Crippen LogP contribution in [0.2, 0.25) is 0 Å². The number of nitrogens with one attached hydrogen (secondary N) is 1. The van der Waals surface area contributed by atoms with Gasteiger partial charge in [-0.3, -0.25) is 4.90 Å². The second kappa shape index (κ2) is 7.02. The van der Waals surface area contributed by atoms with E-state index in [0.29, 0.717) is 12.0 Å². The zero-order valence-electron chi connectivity index (χ0n) is 12.5. The predicted octanol–water partition coefficient (Wildman–Crippen LogP) is 1.24. The van der Waals surface area contributed by atoms with Gasteiger partial charge in [-0.1, -0.05) is 13.3 Å². The average Bonchev–Trinajstić information content (AvgIpc) is 2.88. The Hall–Kier alpha value is -0.160. The lowest BCUT2D eigenvalue weighted by Gasteiger charge is -2.38. The van der Waals surface area contributed by atoms with Gasteiger partial charge in [0.1, 0.15) is 0 Å². The maximum atomic E-state index is 9.73. The lowest BCUT2D eigenvalue weighted by molar-refractivity contribution is -0.0130. The number of morpholine rings is 1. The lowest BCUT2D eigenvalue weighted by Crippen LogP contribution is -2.51. The summed E-state index contributed by atoms with van der Waals surface area (Å²) in [4.78, 5) is 2.58. The van der Waals surface area contributed by atoms with Crippen LogP contribution in [-0.4, -0.2) is 61.5 Å².